The van der Waals surface area contributed by atoms with Crippen LogP contribution in [0.15, 0.2) is 48.5 Å². The first-order chi connectivity index (χ1) is 13.1. The molecule has 0 aliphatic heterocycles. The number of rotatable bonds is 8. The number of amides is 1. The molecule has 0 saturated carbocycles. The van der Waals surface area contributed by atoms with Crippen molar-refractivity contribution < 1.29 is 9.53 Å². The monoisotopic (exact) mass is 364 g/mol. The molecule has 2 N–H and O–H groups in total. The molecule has 0 radical (unpaired) electrons. The number of hydrogen-bond acceptors (Lipinski definition) is 4. The highest BCUT2D eigenvalue weighted by Crippen LogP contribution is 2.19. The minimum absolute atomic E-state index is 0.00567. The van der Waals surface area contributed by atoms with Crippen LogP contribution in [-0.2, 0) is 4.79 Å². The molecule has 3 aromatic rings. The Kier molecular flexibility index (Phi) is 6.20. The Morgan fingerprint density at radius 3 is 2.74 bits per heavy atom. The predicted octanol–water partition coefficient (Wildman–Crippen LogP) is 4.28. The molecule has 1 amide bonds. The van der Waals surface area contributed by atoms with Gasteiger partial charge in [-0.1, -0.05) is 24.3 Å². The van der Waals surface area contributed by atoms with Gasteiger partial charge in [0.05, 0.1) is 6.61 Å². The lowest BCUT2D eigenvalue weighted by atomic mass is 10.2. The number of nitrogens with one attached hydrogen (secondary N) is 2. The fourth-order valence-corrected chi connectivity index (χ4v) is 2.71. The van der Waals surface area contributed by atoms with Gasteiger partial charge in [-0.25, -0.2) is 4.98 Å². The molecule has 3 rings (SSSR count). The summed E-state index contributed by atoms with van der Waals surface area (Å²) < 4.78 is 5.71. The number of benzene rings is 2. The van der Waals surface area contributed by atoms with Gasteiger partial charge in [-0.3, -0.25) is 9.89 Å². The van der Waals surface area contributed by atoms with Crippen LogP contribution >= 0.6 is 0 Å². The average Bonchev–Trinajstić information content (AvgIpc) is 3.08. The molecule has 6 nitrogen and oxygen atoms in total. The second-order valence-corrected chi connectivity index (χ2v) is 6.50. The molecule has 0 unspecified atom stereocenters. The van der Waals surface area contributed by atoms with Crippen LogP contribution in [0.4, 0.5) is 5.69 Å². The van der Waals surface area contributed by atoms with E-state index in [1.54, 1.807) is 0 Å². The topological polar surface area (TPSA) is 79.9 Å². The minimum Gasteiger partial charge on any atom is -0.494 e. The van der Waals surface area contributed by atoms with Crippen LogP contribution in [0.1, 0.15) is 30.7 Å². The SMILES string of the molecule is Cc1cccc(OCCCCC(=O)Nc2cccc(-c3n[nH]c(C)n3)c2)c1. The third-order valence-corrected chi connectivity index (χ3v) is 4.06. The molecule has 27 heavy (non-hydrogen) atoms. The summed E-state index contributed by atoms with van der Waals surface area (Å²) in [6.45, 7) is 4.50. The van der Waals surface area contributed by atoms with E-state index in [0.29, 0.717) is 18.9 Å². The number of nitrogens with zero attached hydrogens (tertiary/aromatic N) is 2. The molecule has 0 fully saturated rings. The zero-order valence-electron chi connectivity index (χ0n) is 15.7. The number of carbonyl (C=O) groups excluding carboxylic acids is 1. The summed E-state index contributed by atoms with van der Waals surface area (Å²) in [5, 5.41) is 9.90. The lowest BCUT2D eigenvalue weighted by molar-refractivity contribution is -0.116. The van der Waals surface area contributed by atoms with Crippen LogP contribution in [0.5, 0.6) is 5.75 Å². The maximum absolute atomic E-state index is 12.2. The van der Waals surface area contributed by atoms with Crippen molar-refractivity contribution in [2.75, 3.05) is 11.9 Å². The van der Waals surface area contributed by atoms with E-state index in [4.69, 9.17) is 4.74 Å². The second-order valence-electron chi connectivity index (χ2n) is 6.50. The highest BCUT2D eigenvalue weighted by Gasteiger charge is 2.07. The predicted molar refractivity (Wildman–Crippen MR) is 106 cm³/mol. The number of carbonyl (C=O) groups is 1. The first-order valence-corrected chi connectivity index (χ1v) is 9.09. The van der Waals surface area contributed by atoms with E-state index in [9.17, 15) is 4.79 Å². The Hall–Kier alpha value is -3.15. The molecule has 0 bridgehead atoms. The molecule has 6 heteroatoms. The lowest BCUT2D eigenvalue weighted by Gasteiger charge is -2.08. The normalized spacial score (nSPS) is 10.6. The van der Waals surface area contributed by atoms with Crippen LogP contribution < -0.4 is 10.1 Å². The molecule has 0 aliphatic rings. The summed E-state index contributed by atoms with van der Waals surface area (Å²) in [5.74, 6) is 2.25. The van der Waals surface area contributed by atoms with Gasteiger partial charge in [-0.05, 0) is 56.5 Å². The molecule has 2 aromatic carbocycles. The summed E-state index contributed by atoms with van der Waals surface area (Å²) in [5.41, 5.74) is 2.79. The lowest BCUT2D eigenvalue weighted by Crippen LogP contribution is -2.11. The van der Waals surface area contributed by atoms with E-state index in [2.05, 4.69) is 20.5 Å². The summed E-state index contributed by atoms with van der Waals surface area (Å²) in [4.78, 5) is 16.5. The van der Waals surface area contributed by atoms with Crippen molar-refractivity contribution in [1.29, 1.82) is 0 Å². The van der Waals surface area contributed by atoms with Gasteiger partial charge in [-0.15, -0.1) is 0 Å². The van der Waals surface area contributed by atoms with E-state index in [-0.39, 0.29) is 5.91 Å². The fourth-order valence-electron chi connectivity index (χ4n) is 2.71. The smallest absolute Gasteiger partial charge is 0.224 e. The zero-order chi connectivity index (χ0) is 19.1. The minimum atomic E-state index is -0.00567. The van der Waals surface area contributed by atoms with Gasteiger partial charge >= 0.3 is 0 Å². The van der Waals surface area contributed by atoms with Gasteiger partial charge in [-0.2, -0.15) is 5.10 Å². The van der Waals surface area contributed by atoms with Crippen LogP contribution in [0.3, 0.4) is 0 Å². The number of hydrogen-bond donors (Lipinski definition) is 2. The second kappa shape index (κ2) is 8.98. The van der Waals surface area contributed by atoms with Crippen molar-refractivity contribution in [1.82, 2.24) is 15.2 Å². The van der Waals surface area contributed by atoms with Crippen molar-refractivity contribution in [2.24, 2.45) is 0 Å². The van der Waals surface area contributed by atoms with Crippen molar-refractivity contribution in [3.8, 4) is 17.1 Å². The maximum Gasteiger partial charge on any atom is 0.224 e. The molecule has 0 saturated heterocycles. The van der Waals surface area contributed by atoms with E-state index in [1.807, 2.05) is 62.4 Å². The average molecular weight is 364 g/mol. The van der Waals surface area contributed by atoms with Crippen LogP contribution in [-0.4, -0.2) is 27.7 Å². The van der Waals surface area contributed by atoms with Crippen LogP contribution in [0.25, 0.3) is 11.4 Å². The number of aryl methyl sites for hydroxylation is 2. The van der Waals surface area contributed by atoms with Gasteiger partial charge < -0.3 is 10.1 Å². The van der Waals surface area contributed by atoms with Gasteiger partial charge in [0.25, 0.3) is 0 Å². The quantitative estimate of drug-likeness (QED) is 0.585. The first-order valence-electron chi connectivity index (χ1n) is 9.09. The molecule has 1 heterocycles. The fraction of sp³-hybridized carbons (Fsp3) is 0.286. The third kappa shape index (κ3) is 5.67. The Labute approximate surface area is 159 Å². The molecule has 0 spiro atoms. The Bertz CT molecular complexity index is 904. The number of H-pyrrole nitrogens is 1. The summed E-state index contributed by atoms with van der Waals surface area (Å²) in [6.07, 6.45) is 2.07. The van der Waals surface area contributed by atoms with E-state index < -0.39 is 0 Å². The third-order valence-electron chi connectivity index (χ3n) is 4.06. The Morgan fingerprint density at radius 1 is 1.11 bits per heavy atom. The van der Waals surface area contributed by atoms with E-state index >= 15 is 0 Å². The van der Waals surface area contributed by atoms with Gasteiger partial charge in [0.15, 0.2) is 5.82 Å². The number of aromatic amines is 1. The van der Waals surface area contributed by atoms with Gasteiger partial charge in [0.1, 0.15) is 11.6 Å². The van der Waals surface area contributed by atoms with E-state index in [1.165, 1.54) is 5.56 Å². The van der Waals surface area contributed by atoms with Crippen molar-refractivity contribution >= 4 is 11.6 Å². The van der Waals surface area contributed by atoms with Gasteiger partial charge in [0.2, 0.25) is 5.91 Å². The van der Waals surface area contributed by atoms with Gasteiger partial charge in [0, 0.05) is 17.7 Å². The number of unbranched alkanes of at least 4 members (excludes halogenated alkanes) is 1. The first kappa shape index (κ1) is 18.6. The largest absolute Gasteiger partial charge is 0.494 e. The van der Waals surface area contributed by atoms with Crippen molar-refractivity contribution in [3.63, 3.8) is 0 Å². The van der Waals surface area contributed by atoms with Crippen LogP contribution in [0.2, 0.25) is 0 Å². The zero-order valence-corrected chi connectivity index (χ0v) is 15.7. The van der Waals surface area contributed by atoms with Crippen LogP contribution in [0, 0.1) is 13.8 Å². The Morgan fingerprint density at radius 2 is 1.96 bits per heavy atom. The standard InChI is InChI=1S/C21H24N4O2/c1-15-7-5-10-19(13-15)27-12-4-3-11-20(26)23-18-9-6-8-17(14-18)21-22-16(2)24-25-21/h5-10,13-14H,3-4,11-12H2,1-2H3,(H,23,26)(H,22,24,25). The molecular formula is C21H24N4O2. The summed E-state index contributed by atoms with van der Waals surface area (Å²) in [7, 11) is 0. The number of anilines is 1. The summed E-state index contributed by atoms with van der Waals surface area (Å²) in [6, 6.07) is 15.5. The number of ether oxygens (including phenoxy) is 1. The Balaban J connectivity index is 1.41. The molecule has 0 aliphatic carbocycles. The maximum atomic E-state index is 12.2. The van der Waals surface area contributed by atoms with Crippen molar-refractivity contribution in [2.45, 2.75) is 33.1 Å². The highest BCUT2D eigenvalue weighted by molar-refractivity contribution is 5.91. The summed E-state index contributed by atoms with van der Waals surface area (Å²) >= 11 is 0. The number of aromatic nitrogens is 3. The highest BCUT2D eigenvalue weighted by atomic mass is 16.5. The molecule has 0 atom stereocenters. The van der Waals surface area contributed by atoms with E-state index in [0.717, 1.165) is 35.7 Å². The molecular weight excluding hydrogens is 340 g/mol. The molecule has 1 aromatic heterocycles. The molecule has 140 valence electrons. The van der Waals surface area contributed by atoms with Crippen molar-refractivity contribution in [3.05, 3.63) is 59.9 Å².